The van der Waals surface area contributed by atoms with Crippen molar-refractivity contribution in [3.63, 3.8) is 0 Å². The third-order valence-electron chi connectivity index (χ3n) is 4.20. The van der Waals surface area contributed by atoms with E-state index in [0.717, 1.165) is 12.5 Å². The normalized spacial score (nSPS) is 25.6. The van der Waals surface area contributed by atoms with Crippen molar-refractivity contribution in [2.75, 3.05) is 26.3 Å². The van der Waals surface area contributed by atoms with Crippen LogP contribution < -0.4 is 0 Å². The lowest BCUT2D eigenvalue weighted by atomic mass is 10.0. The summed E-state index contributed by atoms with van der Waals surface area (Å²) in [6.07, 6.45) is -4.18. The van der Waals surface area contributed by atoms with Gasteiger partial charge < -0.3 is 14.4 Å². The van der Waals surface area contributed by atoms with Gasteiger partial charge in [0.2, 0.25) is 0 Å². The van der Waals surface area contributed by atoms with Gasteiger partial charge in [-0.25, -0.2) is 0 Å². The van der Waals surface area contributed by atoms with Crippen LogP contribution in [0.5, 0.6) is 0 Å². The number of morpholine rings is 1. The average molecular weight is 329 g/mol. The molecule has 0 radical (unpaired) electrons. The van der Waals surface area contributed by atoms with E-state index in [9.17, 15) is 18.0 Å². The number of benzene rings is 1. The Bertz CT molecular complexity index is 570. The monoisotopic (exact) mass is 329 g/mol. The number of alkyl halides is 3. The smallest absolute Gasteiger partial charge is 0.370 e. The van der Waals surface area contributed by atoms with E-state index in [-0.39, 0.29) is 24.6 Å². The highest BCUT2D eigenvalue weighted by molar-refractivity contribution is 5.81. The Morgan fingerprint density at radius 2 is 1.96 bits per heavy atom. The number of hydrogen-bond acceptors (Lipinski definition) is 3. The number of carbonyl (C=O) groups excluding carboxylic acids is 1. The van der Waals surface area contributed by atoms with Gasteiger partial charge in [-0.2, -0.15) is 13.2 Å². The molecule has 23 heavy (non-hydrogen) atoms. The zero-order chi connectivity index (χ0) is 16.4. The van der Waals surface area contributed by atoms with Gasteiger partial charge in [-0.1, -0.05) is 18.2 Å². The van der Waals surface area contributed by atoms with E-state index in [1.165, 1.54) is 12.1 Å². The molecule has 1 amide bonds. The molecular weight excluding hydrogens is 311 g/mol. The maximum atomic E-state index is 13.1. The summed E-state index contributed by atoms with van der Waals surface area (Å²) >= 11 is 0. The maximum absolute atomic E-state index is 13.1. The third kappa shape index (κ3) is 3.50. The van der Waals surface area contributed by atoms with Gasteiger partial charge in [0.1, 0.15) is 12.2 Å². The standard InChI is InChI=1S/C16H18F3NO3/c17-16(18,19)12-5-2-1-4-11(12)14-10-20(7-9-23-14)15(21)13-6-3-8-22-13/h1-2,4-5,13-14H,3,6-10H2/t13-,14+/m0/s1. The molecule has 4 nitrogen and oxygen atoms in total. The van der Waals surface area contributed by atoms with E-state index in [0.29, 0.717) is 19.6 Å². The van der Waals surface area contributed by atoms with Gasteiger partial charge in [-0.3, -0.25) is 4.79 Å². The molecule has 0 N–H and O–H groups in total. The summed E-state index contributed by atoms with van der Waals surface area (Å²) in [6.45, 7) is 1.27. The van der Waals surface area contributed by atoms with Crippen LogP contribution in [0, 0.1) is 0 Å². The van der Waals surface area contributed by atoms with Crippen molar-refractivity contribution < 1.29 is 27.4 Å². The maximum Gasteiger partial charge on any atom is 0.416 e. The number of halogens is 3. The largest absolute Gasteiger partial charge is 0.416 e. The molecule has 3 rings (SSSR count). The molecule has 2 saturated heterocycles. The summed E-state index contributed by atoms with van der Waals surface area (Å²) in [6, 6.07) is 5.35. The summed E-state index contributed by atoms with van der Waals surface area (Å²) in [7, 11) is 0. The number of ether oxygens (including phenoxy) is 2. The molecule has 0 aromatic heterocycles. The first-order valence-corrected chi connectivity index (χ1v) is 7.65. The number of nitrogens with zero attached hydrogens (tertiary/aromatic N) is 1. The minimum Gasteiger partial charge on any atom is -0.370 e. The summed E-state index contributed by atoms with van der Waals surface area (Å²) in [4.78, 5) is 13.9. The van der Waals surface area contributed by atoms with Crippen LogP contribution in [0.4, 0.5) is 13.2 Å². The van der Waals surface area contributed by atoms with E-state index >= 15 is 0 Å². The number of carbonyl (C=O) groups is 1. The Hall–Kier alpha value is -1.60. The molecule has 126 valence electrons. The lowest BCUT2D eigenvalue weighted by Crippen LogP contribution is -2.46. The van der Waals surface area contributed by atoms with E-state index in [1.54, 1.807) is 11.0 Å². The zero-order valence-electron chi connectivity index (χ0n) is 12.5. The molecule has 7 heteroatoms. The van der Waals surface area contributed by atoms with E-state index in [4.69, 9.17) is 9.47 Å². The lowest BCUT2D eigenvalue weighted by Gasteiger charge is -2.35. The van der Waals surface area contributed by atoms with Crippen LogP contribution in [0.1, 0.15) is 30.1 Å². The summed E-state index contributed by atoms with van der Waals surface area (Å²) in [5.41, 5.74) is -0.638. The van der Waals surface area contributed by atoms with Crippen molar-refractivity contribution in [3.05, 3.63) is 35.4 Å². The van der Waals surface area contributed by atoms with Crippen LogP contribution >= 0.6 is 0 Å². The van der Waals surface area contributed by atoms with Gasteiger partial charge in [-0.15, -0.1) is 0 Å². The third-order valence-corrected chi connectivity index (χ3v) is 4.20. The second-order valence-electron chi connectivity index (χ2n) is 5.73. The van der Waals surface area contributed by atoms with Gasteiger partial charge in [0.05, 0.1) is 18.7 Å². The number of hydrogen-bond donors (Lipinski definition) is 0. The van der Waals surface area contributed by atoms with Crippen molar-refractivity contribution in [2.45, 2.75) is 31.2 Å². The van der Waals surface area contributed by atoms with Crippen molar-refractivity contribution in [2.24, 2.45) is 0 Å². The van der Waals surface area contributed by atoms with Crippen molar-refractivity contribution in [3.8, 4) is 0 Å². The first-order chi connectivity index (χ1) is 11.0. The molecule has 0 aliphatic carbocycles. The van der Waals surface area contributed by atoms with Crippen LogP contribution in [0.3, 0.4) is 0 Å². The van der Waals surface area contributed by atoms with E-state index in [1.807, 2.05) is 0 Å². The fraction of sp³-hybridized carbons (Fsp3) is 0.562. The first kappa shape index (κ1) is 16.3. The van der Waals surface area contributed by atoms with Gasteiger partial charge >= 0.3 is 6.18 Å². The van der Waals surface area contributed by atoms with E-state index < -0.39 is 23.9 Å². The molecular formula is C16H18F3NO3. The highest BCUT2D eigenvalue weighted by Crippen LogP contribution is 2.36. The molecule has 2 aliphatic rings. The molecule has 2 fully saturated rings. The van der Waals surface area contributed by atoms with E-state index in [2.05, 4.69) is 0 Å². The van der Waals surface area contributed by atoms with Gasteiger partial charge in [0, 0.05) is 13.2 Å². The fourth-order valence-electron chi connectivity index (χ4n) is 3.05. The molecule has 2 aliphatic heterocycles. The van der Waals surface area contributed by atoms with Gasteiger partial charge in [-0.05, 0) is 24.5 Å². The Labute approximate surface area is 132 Å². The first-order valence-electron chi connectivity index (χ1n) is 7.65. The zero-order valence-corrected chi connectivity index (χ0v) is 12.5. The van der Waals surface area contributed by atoms with Crippen molar-refractivity contribution in [1.82, 2.24) is 4.90 Å². The van der Waals surface area contributed by atoms with Crippen molar-refractivity contribution in [1.29, 1.82) is 0 Å². The van der Waals surface area contributed by atoms with Crippen LogP contribution in [0.2, 0.25) is 0 Å². The molecule has 0 saturated carbocycles. The Kier molecular flexibility index (Phi) is 4.59. The van der Waals surface area contributed by atoms with Gasteiger partial charge in [0.25, 0.3) is 5.91 Å². The van der Waals surface area contributed by atoms with Crippen molar-refractivity contribution >= 4 is 5.91 Å². The number of amides is 1. The topological polar surface area (TPSA) is 38.8 Å². The molecule has 2 heterocycles. The molecule has 0 spiro atoms. The predicted octanol–water partition coefficient (Wildman–Crippen LogP) is 2.78. The Morgan fingerprint density at radius 1 is 1.17 bits per heavy atom. The quantitative estimate of drug-likeness (QED) is 0.837. The van der Waals surface area contributed by atoms with Crippen LogP contribution in [0.25, 0.3) is 0 Å². The second-order valence-corrected chi connectivity index (χ2v) is 5.73. The minimum absolute atomic E-state index is 0.0739. The predicted molar refractivity (Wildman–Crippen MR) is 75.7 cm³/mol. The highest BCUT2D eigenvalue weighted by Gasteiger charge is 2.38. The second kappa shape index (κ2) is 6.49. The molecule has 1 aromatic rings. The number of rotatable bonds is 2. The average Bonchev–Trinajstić information content (AvgIpc) is 3.08. The molecule has 2 atom stereocenters. The van der Waals surface area contributed by atoms with Gasteiger partial charge in [0.15, 0.2) is 0 Å². The Morgan fingerprint density at radius 3 is 2.65 bits per heavy atom. The summed E-state index contributed by atoms with van der Waals surface area (Å²) in [5, 5.41) is 0. The van der Waals surface area contributed by atoms with Crippen LogP contribution in [-0.2, 0) is 20.4 Å². The summed E-state index contributed by atoms with van der Waals surface area (Å²) in [5.74, 6) is -0.153. The van der Waals surface area contributed by atoms with Crippen LogP contribution in [0.15, 0.2) is 24.3 Å². The highest BCUT2D eigenvalue weighted by atomic mass is 19.4. The molecule has 1 aromatic carbocycles. The summed E-state index contributed by atoms with van der Waals surface area (Å²) < 4.78 is 50.3. The lowest BCUT2D eigenvalue weighted by molar-refractivity contribution is -0.150. The molecule has 0 bridgehead atoms. The minimum atomic E-state index is -4.44. The SMILES string of the molecule is O=C([C@@H]1CCCO1)N1CCO[C@@H](c2ccccc2C(F)(F)F)C1. The molecule has 0 unspecified atom stereocenters. The Balaban J connectivity index is 1.78. The fourth-order valence-corrected chi connectivity index (χ4v) is 3.05. The van der Waals surface area contributed by atoms with Crippen LogP contribution in [-0.4, -0.2) is 43.2 Å².